The fourth-order valence-corrected chi connectivity index (χ4v) is 6.26. The Morgan fingerprint density at radius 1 is 1.03 bits per heavy atom. The van der Waals surface area contributed by atoms with E-state index in [4.69, 9.17) is 9.51 Å². The smallest absolute Gasteiger partial charge is 0.167 e. The van der Waals surface area contributed by atoms with E-state index in [0.29, 0.717) is 0 Å². The second-order valence-electron chi connectivity index (χ2n) is 9.30. The van der Waals surface area contributed by atoms with Crippen molar-refractivity contribution in [3.8, 4) is 11.4 Å². The van der Waals surface area contributed by atoms with Crippen molar-refractivity contribution in [2.24, 2.45) is 5.92 Å². The van der Waals surface area contributed by atoms with Crippen LogP contribution in [0.2, 0.25) is 0 Å². The number of benzene rings is 2. The zero-order valence-corrected chi connectivity index (χ0v) is 19.5. The second-order valence-corrected chi connectivity index (χ2v) is 10.5. The molecule has 0 N–H and O–H groups in total. The van der Waals surface area contributed by atoms with Crippen molar-refractivity contribution >= 4 is 39.5 Å². The minimum Gasteiger partial charge on any atom is -0.370 e. The van der Waals surface area contributed by atoms with Gasteiger partial charge in [0.15, 0.2) is 5.58 Å². The number of fused-ring (bicyclic) bond motifs is 2. The Labute approximate surface area is 193 Å². The van der Waals surface area contributed by atoms with Crippen LogP contribution in [0.25, 0.3) is 33.4 Å². The van der Waals surface area contributed by atoms with Gasteiger partial charge in [-0.25, -0.2) is 4.98 Å². The molecule has 4 aromatic rings. The standard InChI is InChI=1S/C26H30N4OS/c1-18-22-15-20(7-10-25(22)31-28-18)26-27-23-9-8-21(29-11-13-32-14-12-29)16-24(23)30(26)17-19-5-3-2-4-6-19/h7-10,15-16,19H,2-6,11-14,17H2,1H3. The van der Waals surface area contributed by atoms with Crippen LogP contribution >= 0.6 is 11.8 Å². The quantitative estimate of drug-likeness (QED) is 0.369. The Balaban J connectivity index is 1.47. The minimum absolute atomic E-state index is 0.732. The normalized spacial score (nSPS) is 18.1. The molecule has 166 valence electrons. The van der Waals surface area contributed by atoms with Crippen molar-refractivity contribution in [2.45, 2.75) is 45.6 Å². The Kier molecular flexibility index (Phi) is 5.34. The summed E-state index contributed by atoms with van der Waals surface area (Å²) in [6.45, 7) is 5.31. The number of aromatic nitrogens is 3. The predicted molar refractivity (Wildman–Crippen MR) is 134 cm³/mol. The number of nitrogens with zero attached hydrogens (tertiary/aromatic N) is 4. The van der Waals surface area contributed by atoms with E-state index in [1.54, 1.807) is 0 Å². The van der Waals surface area contributed by atoms with Gasteiger partial charge in [0.1, 0.15) is 5.82 Å². The molecule has 2 fully saturated rings. The van der Waals surface area contributed by atoms with E-state index < -0.39 is 0 Å². The van der Waals surface area contributed by atoms with Gasteiger partial charge in [-0.3, -0.25) is 0 Å². The lowest BCUT2D eigenvalue weighted by atomic mass is 9.89. The number of hydrogen-bond acceptors (Lipinski definition) is 5. The maximum Gasteiger partial charge on any atom is 0.167 e. The molecule has 0 bridgehead atoms. The van der Waals surface area contributed by atoms with Gasteiger partial charge in [-0.2, -0.15) is 11.8 Å². The van der Waals surface area contributed by atoms with Gasteiger partial charge >= 0.3 is 0 Å². The molecule has 1 saturated carbocycles. The van der Waals surface area contributed by atoms with Crippen LogP contribution in [0.4, 0.5) is 5.69 Å². The van der Waals surface area contributed by atoms with Crippen molar-refractivity contribution in [3.63, 3.8) is 0 Å². The Morgan fingerprint density at radius 3 is 2.72 bits per heavy atom. The van der Waals surface area contributed by atoms with Gasteiger partial charge in [0.25, 0.3) is 0 Å². The molecule has 0 atom stereocenters. The first-order chi connectivity index (χ1) is 15.8. The third-order valence-electron chi connectivity index (χ3n) is 7.18. The number of rotatable bonds is 4. The summed E-state index contributed by atoms with van der Waals surface area (Å²) in [6, 6.07) is 13.2. The van der Waals surface area contributed by atoms with Crippen LogP contribution in [0.3, 0.4) is 0 Å². The maximum absolute atomic E-state index is 5.45. The van der Waals surface area contributed by atoms with E-state index in [1.807, 2.05) is 13.0 Å². The van der Waals surface area contributed by atoms with Crippen molar-refractivity contribution in [3.05, 3.63) is 42.1 Å². The molecule has 1 saturated heterocycles. The highest BCUT2D eigenvalue weighted by Crippen LogP contribution is 2.34. The van der Waals surface area contributed by atoms with Crippen molar-refractivity contribution in [2.75, 3.05) is 29.5 Å². The predicted octanol–water partition coefficient (Wildman–Crippen LogP) is 6.29. The molecule has 6 rings (SSSR count). The summed E-state index contributed by atoms with van der Waals surface area (Å²) in [7, 11) is 0. The molecular formula is C26H30N4OS. The van der Waals surface area contributed by atoms with Crippen molar-refractivity contribution in [1.29, 1.82) is 0 Å². The number of imidazole rings is 1. The number of thioether (sulfide) groups is 1. The lowest BCUT2D eigenvalue weighted by molar-refractivity contribution is 0.323. The van der Waals surface area contributed by atoms with Gasteiger partial charge in [0.05, 0.1) is 16.7 Å². The molecule has 5 nitrogen and oxygen atoms in total. The summed E-state index contributed by atoms with van der Waals surface area (Å²) in [5.41, 5.74) is 6.61. The highest BCUT2D eigenvalue weighted by atomic mass is 32.2. The summed E-state index contributed by atoms with van der Waals surface area (Å²) in [4.78, 5) is 7.67. The number of anilines is 1. The van der Waals surface area contributed by atoms with Crippen LogP contribution in [-0.2, 0) is 6.54 Å². The van der Waals surface area contributed by atoms with Crippen molar-refractivity contribution < 1.29 is 4.52 Å². The molecule has 0 radical (unpaired) electrons. The van der Waals surface area contributed by atoms with Crippen molar-refractivity contribution in [1.82, 2.24) is 14.7 Å². The average molecular weight is 447 g/mol. The Bertz CT molecular complexity index is 1250. The summed E-state index contributed by atoms with van der Waals surface area (Å²) in [5.74, 6) is 4.22. The van der Waals surface area contributed by atoms with E-state index in [0.717, 1.165) is 59.1 Å². The molecule has 1 aliphatic carbocycles. The van der Waals surface area contributed by atoms with Crippen LogP contribution in [0.15, 0.2) is 40.9 Å². The Hall–Kier alpha value is -2.47. The number of aryl methyl sites for hydroxylation is 1. The lowest BCUT2D eigenvalue weighted by Crippen LogP contribution is -2.32. The molecule has 2 aromatic carbocycles. The van der Waals surface area contributed by atoms with Crippen LogP contribution < -0.4 is 4.90 Å². The topological polar surface area (TPSA) is 47.1 Å². The Morgan fingerprint density at radius 2 is 1.88 bits per heavy atom. The lowest BCUT2D eigenvalue weighted by Gasteiger charge is -2.28. The largest absolute Gasteiger partial charge is 0.370 e. The summed E-state index contributed by atoms with van der Waals surface area (Å²) in [6.07, 6.45) is 6.75. The molecule has 2 aliphatic rings. The molecule has 3 heterocycles. The third-order valence-corrected chi connectivity index (χ3v) is 8.12. The van der Waals surface area contributed by atoms with Crippen LogP contribution in [-0.4, -0.2) is 39.3 Å². The van der Waals surface area contributed by atoms with Gasteiger partial charge in [0.2, 0.25) is 0 Å². The molecule has 32 heavy (non-hydrogen) atoms. The zero-order valence-electron chi connectivity index (χ0n) is 18.7. The van der Waals surface area contributed by atoms with Gasteiger partial charge in [-0.1, -0.05) is 24.4 Å². The van der Waals surface area contributed by atoms with Gasteiger partial charge in [-0.15, -0.1) is 0 Å². The van der Waals surface area contributed by atoms with Crippen LogP contribution in [0.5, 0.6) is 0 Å². The van der Waals surface area contributed by atoms with E-state index in [-0.39, 0.29) is 0 Å². The fourth-order valence-electron chi connectivity index (χ4n) is 5.36. The molecule has 0 amide bonds. The molecule has 0 spiro atoms. The highest BCUT2D eigenvalue weighted by molar-refractivity contribution is 7.99. The summed E-state index contributed by atoms with van der Waals surface area (Å²) >= 11 is 2.06. The minimum atomic E-state index is 0.732. The van der Waals surface area contributed by atoms with Crippen LogP contribution in [0, 0.1) is 12.8 Å². The highest BCUT2D eigenvalue weighted by Gasteiger charge is 2.21. The van der Waals surface area contributed by atoms with E-state index in [2.05, 4.69) is 56.7 Å². The molecule has 0 unspecified atom stereocenters. The first kappa shape index (κ1) is 20.2. The molecule has 1 aliphatic heterocycles. The molecule has 2 aromatic heterocycles. The summed E-state index contributed by atoms with van der Waals surface area (Å²) in [5, 5.41) is 5.22. The maximum atomic E-state index is 5.45. The third kappa shape index (κ3) is 3.68. The van der Waals surface area contributed by atoms with Gasteiger partial charge < -0.3 is 14.0 Å². The summed E-state index contributed by atoms with van der Waals surface area (Å²) < 4.78 is 7.95. The second kappa shape index (κ2) is 8.47. The first-order valence-electron chi connectivity index (χ1n) is 12.0. The van der Waals surface area contributed by atoms with E-state index >= 15 is 0 Å². The van der Waals surface area contributed by atoms with E-state index in [1.165, 1.54) is 54.8 Å². The SMILES string of the molecule is Cc1noc2ccc(-c3nc4ccc(N5CCSCC5)cc4n3CC3CCCCC3)cc12. The fraction of sp³-hybridized carbons (Fsp3) is 0.462. The monoisotopic (exact) mass is 446 g/mol. The molecule has 6 heteroatoms. The average Bonchev–Trinajstić information content (AvgIpc) is 3.40. The zero-order chi connectivity index (χ0) is 21.5. The van der Waals surface area contributed by atoms with Gasteiger partial charge in [-0.05, 0) is 62.1 Å². The van der Waals surface area contributed by atoms with Crippen LogP contribution in [0.1, 0.15) is 37.8 Å². The van der Waals surface area contributed by atoms with Gasteiger partial charge in [0, 0.05) is 47.8 Å². The first-order valence-corrected chi connectivity index (χ1v) is 13.1. The number of hydrogen-bond donors (Lipinski definition) is 0. The van der Waals surface area contributed by atoms with E-state index in [9.17, 15) is 0 Å². The molecular weight excluding hydrogens is 416 g/mol.